The number of nitrogens with zero attached hydrogens (tertiary/aromatic N) is 4. The largest absolute Gasteiger partial charge is 0.593 e. The van der Waals surface area contributed by atoms with E-state index < -0.39 is 11.4 Å². The van der Waals surface area contributed by atoms with Gasteiger partial charge in [0.25, 0.3) is 0 Å². The molecule has 6 nitrogen and oxygen atoms in total. The van der Waals surface area contributed by atoms with Gasteiger partial charge in [-0.3, -0.25) is 0 Å². The third kappa shape index (κ3) is 5.14. The van der Waals surface area contributed by atoms with Crippen LogP contribution in [0.4, 0.5) is 0 Å². The Kier molecular flexibility index (Phi) is 7.54. The highest BCUT2D eigenvalue weighted by Crippen LogP contribution is 2.32. The van der Waals surface area contributed by atoms with Gasteiger partial charge >= 0.3 is 0 Å². The van der Waals surface area contributed by atoms with Crippen molar-refractivity contribution in [1.29, 1.82) is 0 Å². The Balaban J connectivity index is 1.20. The van der Waals surface area contributed by atoms with Gasteiger partial charge in [0.05, 0.1) is 28.8 Å². The lowest BCUT2D eigenvalue weighted by Gasteiger charge is -2.34. The van der Waals surface area contributed by atoms with Gasteiger partial charge in [0.2, 0.25) is 0 Å². The molecule has 6 rings (SSSR count). The van der Waals surface area contributed by atoms with Crippen LogP contribution in [-0.4, -0.2) is 69.9 Å². The van der Waals surface area contributed by atoms with Crippen molar-refractivity contribution in [2.75, 3.05) is 40.3 Å². The summed E-state index contributed by atoms with van der Waals surface area (Å²) >= 11 is -1.13. The van der Waals surface area contributed by atoms with Crippen molar-refractivity contribution >= 4 is 22.3 Å². The average molecular weight is 528 g/mol. The standard InChI is InChI=1S/C31H37N5OS/c1-34(2)26-16-20-35(21-17-26)38(37)28-12-10-27(11-13-28)36-31-5-3-4-29(30(31)22-33-36)25-8-6-23(7-9-25)24-14-18-32-19-15-24/h3-13,22,24,26,32H,14-21H2,1-2H3. The molecular weight excluding hydrogens is 490 g/mol. The lowest BCUT2D eigenvalue weighted by atomic mass is 9.89. The second-order valence-corrected chi connectivity index (χ2v) is 12.3. The smallest absolute Gasteiger partial charge is 0.174 e. The summed E-state index contributed by atoms with van der Waals surface area (Å²) in [6, 6.07) is 24.2. The van der Waals surface area contributed by atoms with Gasteiger partial charge in [0.1, 0.15) is 0 Å². The number of benzene rings is 3. The molecule has 2 fully saturated rings. The molecule has 0 spiro atoms. The zero-order chi connectivity index (χ0) is 26.1. The Morgan fingerprint density at radius 3 is 2.29 bits per heavy atom. The SMILES string of the molecule is CN(C)C1CCN([S+]([O-])c2ccc(-n3ncc4c(-c5ccc(C6CCNCC6)cc5)cccc43)cc2)CC1. The zero-order valence-corrected chi connectivity index (χ0v) is 23.2. The van der Waals surface area contributed by atoms with E-state index in [-0.39, 0.29) is 0 Å². The Morgan fingerprint density at radius 2 is 1.61 bits per heavy atom. The zero-order valence-electron chi connectivity index (χ0n) is 22.3. The topological polar surface area (TPSA) is 59.4 Å². The fourth-order valence-electron chi connectivity index (χ4n) is 5.98. The van der Waals surface area contributed by atoms with Gasteiger partial charge in [-0.25, -0.2) is 4.68 Å². The number of piperidine rings is 2. The minimum absolute atomic E-state index is 0.580. The van der Waals surface area contributed by atoms with E-state index in [1.807, 2.05) is 35.1 Å². The summed E-state index contributed by atoms with van der Waals surface area (Å²) in [6.07, 6.45) is 6.50. The number of rotatable bonds is 6. The van der Waals surface area contributed by atoms with Crippen LogP contribution in [0.15, 0.2) is 77.8 Å². The van der Waals surface area contributed by atoms with Crippen LogP contribution in [0.25, 0.3) is 27.7 Å². The third-order valence-electron chi connectivity index (χ3n) is 8.32. The second kappa shape index (κ2) is 11.2. The van der Waals surface area contributed by atoms with E-state index in [9.17, 15) is 4.55 Å². The number of hydrogen-bond donors (Lipinski definition) is 1. The predicted octanol–water partition coefficient (Wildman–Crippen LogP) is 5.21. The molecule has 1 unspecified atom stereocenters. The van der Waals surface area contributed by atoms with Crippen molar-refractivity contribution in [1.82, 2.24) is 24.3 Å². The van der Waals surface area contributed by atoms with Gasteiger partial charge < -0.3 is 14.8 Å². The monoisotopic (exact) mass is 527 g/mol. The number of hydrogen-bond acceptors (Lipinski definition) is 5. The van der Waals surface area contributed by atoms with Gasteiger partial charge in [-0.05, 0) is 106 Å². The summed E-state index contributed by atoms with van der Waals surface area (Å²) in [6.45, 7) is 3.94. The maximum atomic E-state index is 13.2. The van der Waals surface area contributed by atoms with Crippen LogP contribution < -0.4 is 5.32 Å². The molecule has 0 aliphatic carbocycles. The van der Waals surface area contributed by atoms with Gasteiger partial charge in [-0.1, -0.05) is 36.4 Å². The molecule has 2 aliphatic heterocycles. The molecular formula is C31H37N5OS. The van der Waals surface area contributed by atoms with Crippen LogP contribution in [0.3, 0.4) is 0 Å². The van der Waals surface area contributed by atoms with Crippen molar-refractivity contribution in [3.05, 3.63) is 78.5 Å². The van der Waals surface area contributed by atoms with E-state index in [0.29, 0.717) is 12.0 Å². The first-order valence-corrected chi connectivity index (χ1v) is 14.9. The molecule has 1 N–H and O–H groups in total. The average Bonchev–Trinajstić information content (AvgIpc) is 3.42. The normalized spacial score (nSPS) is 18.8. The lowest BCUT2D eigenvalue weighted by Crippen LogP contribution is -2.44. The number of nitrogens with one attached hydrogen (secondary N) is 1. The molecule has 0 saturated carbocycles. The second-order valence-electron chi connectivity index (χ2n) is 10.8. The molecule has 2 aliphatic rings. The van der Waals surface area contributed by atoms with Crippen LogP contribution >= 0.6 is 0 Å². The maximum absolute atomic E-state index is 13.2. The van der Waals surface area contributed by atoms with Crippen LogP contribution in [0.1, 0.15) is 37.2 Å². The van der Waals surface area contributed by atoms with E-state index in [2.05, 4.69) is 71.1 Å². The van der Waals surface area contributed by atoms with Crippen LogP contribution in [0.2, 0.25) is 0 Å². The summed E-state index contributed by atoms with van der Waals surface area (Å²) in [5.74, 6) is 0.658. The van der Waals surface area contributed by atoms with E-state index >= 15 is 0 Å². The fourth-order valence-corrected chi connectivity index (χ4v) is 7.19. The number of aromatic nitrogens is 2. The molecule has 2 saturated heterocycles. The molecule has 1 atom stereocenters. The predicted molar refractivity (Wildman–Crippen MR) is 156 cm³/mol. The number of fused-ring (bicyclic) bond motifs is 1. The first-order chi connectivity index (χ1) is 18.6. The van der Waals surface area contributed by atoms with E-state index in [4.69, 9.17) is 5.10 Å². The van der Waals surface area contributed by atoms with E-state index in [0.717, 1.165) is 60.5 Å². The maximum Gasteiger partial charge on any atom is 0.174 e. The molecule has 198 valence electrons. The molecule has 3 aromatic carbocycles. The molecule has 7 heteroatoms. The van der Waals surface area contributed by atoms with Crippen molar-refractivity contribution in [2.45, 2.75) is 42.5 Å². The first-order valence-electron chi connectivity index (χ1n) is 13.8. The Morgan fingerprint density at radius 1 is 0.895 bits per heavy atom. The van der Waals surface area contributed by atoms with Crippen LogP contribution in [-0.2, 0) is 11.4 Å². The van der Waals surface area contributed by atoms with Crippen molar-refractivity contribution < 1.29 is 4.55 Å². The minimum Gasteiger partial charge on any atom is -0.593 e. The molecule has 3 heterocycles. The summed E-state index contributed by atoms with van der Waals surface area (Å²) in [5, 5.41) is 9.35. The molecule has 0 radical (unpaired) electrons. The van der Waals surface area contributed by atoms with Gasteiger partial charge in [-0.2, -0.15) is 5.10 Å². The Bertz CT molecular complexity index is 1350. The molecule has 4 aromatic rings. The van der Waals surface area contributed by atoms with Gasteiger partial charge in [0.15, 0.2) is 4.90 Å². The molecule has 0 bridgehead atoms. The lowest BCUT2D eigenvalue weighted by molar-refractivity contribution is 0.196. The summed E-state index contributed by atoms with van der Waals surface area (Å²) in [7, 11) is 4.26. The quantitative estimate of drug-likeness (QED) is 0.349. The summed E-state index contributed by atoms with van der Waals surface area (Å²) in [5.41, 5.74) is 5.91. The highest BCUT2D eigenvalue weighted by atomic mass is 32.2. The van der Waals surface area contributed by atoms with Crippen LogP contribution in [0, 0.1) is 0 Å². The minimum atomic E-state index is -1.13. The van der Waals surface area contributed by atoms with Gasteiger partial charge in [-0.15, -0.1) is 4.31 Å². The van der Waals surface area contributed by atoms with Crippen molar-refractivity contribution in [3.8, 4) is 16.8 Å². The first kappa shape index (κ1) is 25.6. The fraction of sp³-hybridized carbons (Fsp3) is 0.387. The van der Waals surface area contributed by atoms with Crippen molar-refractivity contribution in [3.63, 3.8) is 0 Å². The van der Waals surface area contributed by atoms with Crippen LogP contribution in [0.5, 0.6) is 0 Å². The molecule has 1 aromatic heterocycles. The summed E-state index contributed by atoms with van der Waals surface area (Å²) < 4.78 is 17.3. The Hall–Kier alpha value is -2.68. The summed E-state index contributed by atoms with van der Waals surface area (Å²) in [4.78, 5) is 3.13. The Labute approximate surface area is 229 Å². The highest BCUT2D eigenvalue weighted by molar-refractivity contribution is 7.89. The highest BCUT2D eigenvalue weighted by Gasteiger charge is 2.29. The van der Waals surface area contributed by atoms with E-state index in [1.54, 1.807) is 0 Å². The molecule has 0 amide bonds. The van der Waals surface area contributed by atoms with Crippen molar-refractivity contribution in [2.24, 2.45) is 0 Å². The van der Waals surface area contributed by atoms with Gasteiger partial charge in [0, 0.05) is 24.5 Å². The molecule has 38 heavy (non-hydrogen) atoms. The van der Waals surface area contributed by atoms with E-state index in [1.165, 1.54) is 29.5 Å². The third-order valence-corrected chi connectivity index (χ3v) is 9.83.